The third-order valence-corrected chi connectivity index (χ3v) is 3.90. The standard InChI is InChI=1S/C19H22N2O3/c1-12(2)16-6-5-7-17(13(3)4)19(16)20-11-14-10-15(21(23)24)8-9-18(14)22/h5-13,22H,1-4H3/b20-11+. The van der Waals surface area contributed by atoms with Crippen molar-refractivity contribution in [2.75, 3.05) is 0 Å². The zero-order chi connectivity index (χ0) is 17.9. The average molecular weight is 326 g/mol. The van der Waals surface area contributed by atoms with Gasteiger partial charge in [0.2, 0.25) is 0 Å². The van der Waals surface area contributed by atoms with Gasteiger partial charge in [0.05, 0.1) is 10.6 Å². The van der Waals surface area contributed by atoms with Crippen LogP contribution in [0.3, 0.4) is 0 Å². The molecule has 1 N–H and O–H groups in total. The first kappa shape index (κ1) is 17.7. The molecule has 126 valence electrons. The molecule has 0 unspecified atom stereocenters. The smallest absolute Gasteiger partial charge is 0.270 e. The molecule has 0 saturated heterocycles. The van der Waals surface area contributed by atoms with Crippen LogP contribution in [0.4, 0.5) is 11.4 Å². The number of hydrogen-bond donors (Lipinski definition) is 1. The largest absolute Gasteiger partial charge is 0.507 e. The van der Waals surface area contributed by atoms with Crippen LogP contribution in [-0.4, -0.2) is 16.2 Å². The van der Waals surface area contributed by atoms with E-state index < -0.39 is 4.92 Å². The Morgan fingerprint density at radius 3 is 2.17 bits per heavy atom. The Balaban J connectivity index is 2.53. The Morgan fingerprint density at radius 2 is 1.67 bits per heavy atom. The molecular weight excluding hydrogens is 304 g/mol. The quantitative estimate of drug-likeness (QED) is 0.460. The number of nitrogens with zero attached hydrogens (tertiary/aromatic N) is 2. The van der Waals surface area contributed by atoms with Crippen LogP contribution in [0, 0.1) is 10.1 Å². The van der Waals surface area contributed by atoms with Crippen LogP contribution in [0.25, 0.3) is 0 Å². The molecular formula is C19H22N2O3. The number of phenolic OH excluding ortho intramolecular Hbond substituents is 1. The first-order chi connectivity index (χ1) is 11.3. The monoisotopic (exact) mass is 326 g/mol. The van der Waals surface area contributed by atoms with Crippen LogP contribution >= 0.6 is 0 Å². The fourth-order valence-corrected chi connectivity index (χ4v) is 2.55. The molecule has 2 aromatic rings. The van der Waals surface area contributed by atoms with E-state index in [1.807, 2.05) is 18.2 Å². The van der Waals surface area contributed by atoms with E-state index in [1.54, 1.807) is 0 Å². The van der Waals surface area contributed by atoms with Gasteiger partial charge < -0.3 is 5.11 Å². The molecule has 0 spiro atoms. The molecule has 5 nitrogen and oxygen atoms in total. The molecule has 0 fully saturated rings. The normalized spacial score (nSPS) is 11.6. The molecule has 0 amide bonds. The van der Waals surface area contributed by atoms with Crippen LogP contribution < -0.4 is 0 Å². The van der Waals surface area contributed by atoms with Crippen LogP contribution in [0.1, 0.15) is 56.2 Å². The zero-order valence-electron chi connectivity index (χ0n) is 14.4. The summed E-state index contributed by atoms with van der Waals surface area (Å²) in [6, 6.07) is 10.0. The summed E-state index contributed by atoms with van der Waals surface area (Å²) in [5.74, 6) is 0.571. The summed E-state index contributed by atoms with van der Waals surface area (Å²) in [6.45, 7) is 8.40. The number of hydrogen-bond acceptors (Lipinski definition) is 4. The Hall–Kier alpha value is -2.69. The van der Waals surface area contributed by atoms with Crippen LogP contribution in [0.2, 0.25) is 0 Å². The lowest BCUT2D eigenvalue weighted by molar-refractivity contribution is -0.384. The molecule has 0 aromatic heterocycles. The Labute approximate surface area is 141 Å². The fourth-order valence-electron chi connectivity index (χ4n) is 2.55. The average Bonchev–Trinajstić information content (AvgIpc) is 2.53. The van der Waals surface area contributed by atoms with Gasteiger partial charge in [-0.25, -0.2) is 0 Å². The van der Waals surface area contributed by atoms with E-state index in [1.165, 1.54) is 24.4 Å². The number of aromatic hydroxyl groups is 1. The van der Waals surface area contributed by atoms with Gasteiger partial charge in [0, 0.05) is 23.9 Å². The predicted octanol–water partition coefficient (Wildman–Crippen LogP) is 5.30. The highest BCUT2D eigenvalue weighted by Gasteiger charge is 2.13. The molecule has 0 aliphatic heterocycles. The van der Waals surface area contributed by atoms with Crippen LogP contribution in [-0.2, 0) is 0 Å². The molecule has 0 aliphatic rings. The minimum atomic E-state index is -0.488. The molecule has 0 atom stereocenters. The van der Waals surface area contributed by atoms with Crippen molar-refractivity contribution in [3.05, 3.63) is 63.2 Å². The maximum atomic E-state index is 10.9. The molecule has 0 radical (unpaired) electrons. The third kappa shape index (κ3) is 3.79. The molecule has 24 heavy (non-hydrogen) atoms. The van der Waals surface area contributed by atoms with Gasteiger partial charge in [-0.15, -0.1) is 0 Å². The van der Waals surface area contributed by atoms with E-state index >= 15 is 0 Å². The van der Waals surface area contributed by atoms with E-state index in [-0.39, 0.29) is 11.4 Å². The second-order valence-corrected chi connectivity index (χ2v) is 6.35. The van der Waals surface area contributed by atoms with Crippen molar-refractivity contribution >= 4 is 17.6 Å². The Morgan fingerprint density at radius 1 is 1.08 bits per heavy atom. The van der Waals surface area contributed by atoms with Crippen molar-refractivity contribution in [1.82, 2.24) is 0 Å². The highest BCUT2D eigenvalue weighted by Crippen LogP contribution is 2.35. The van der Waals surface area contributed by atoms with Crippen molar-refractivity contribution in [3.8, 4) is 5.75 Å². The molecule has 0 aliphatic carbocycles. The Kier molecular flexibility index (Phi) is 5.34. The van der Waals surface area contributed by atoms with Gasteiger partial charge in [-0.1, -0.05) is 45.9 Å². The number of benzene rings is 2. The summed E-state index contributed by atoms with van der Waals surface area (Å²) in [4.78, 5) is 15.0. The molecule has 0 heterocycles. The van der Waals surface area contributed by atoms with Crippen molar-refractivity contribution in [2.24, 2.45) is 4.99 Å². The minimum absolute atomic E-state index is 0.0301. The van der Waals surface area contributed by atoms with Crippen LogP contribution in [0.5, 0.6) is 5.75 Å². The second kappa shape index (κ2) is 7.25. The number of para-hydroxylation sites is 1. The van der Waals surface area contributed by atoms with Gasteiger partial charge in [0.25, 0.3) is 5.69 Å². The first-order valence-electron chi connectivity index (χ1n) is 7.95. The van der Waals surface area contributed by atoms with Gasteiger partial charge in [0.1, 0.15) is 5.75 Å². The number of rotatable bonds is 5. The topological polar surface area (TPSA) is 75.7 Å². The minimum Gasteiger partial charge on any atom is -0.507 e. The van der Waals surface area contributed by atoms with Gasteiger partial charge in [-0.3, -0.25) is 15.1 Å². The lowest BCUT2D eigenvalue weighted by Crippen LogP contribution is -1.96. The Bertz CT molecular complexity index is 754. The summed E-state index contributed by atoms with van der Waals surface area (Å²) in [5.41, 5.74) is 3.35. The predicted molar refractivity (Wildman–Crippen MR) is 96.6 cm³/mol. The molecule has 0 bridgehead atoms. The van der Waals surface area contributed by atoms with Crippen molar-refractivity contribution in [2.45, 2.75) is 39.5 Å². The van der Waals surface area contributed by atoms with Crippen LogP contribution in [0.15, 0.2) is 41.4 Å². The lowest BCUT2D eigenvalue weighted by atomic mass is 9.93. The van der Waals surface area contributed by atoms with Gasteiger partial charge >= 0.3 is 0 Å². The van der Waals surface area contributed by atoms with Gasteiger partial charge in [0.15, 0.2) is 0 Å². The maximum absolute atomic E-state index is 10.9. The number of aliphatic imine (C=N–C) groups is 1. The second-order valence-electron chi connectivity index (χ2n) is 6.35. The van der Waals surface area contributed by atoms with E-state index in [2.05, 4.69) is 32.7 Å². The van der Waals surface area contributed by atoms with E-state index in [0.29, 0.717) is 17.4 Å². The summed E-state index contributed by atoms with van der Waals surface area (Å²) >= 11 is 0. The number of nitro groups is 1. The summed E-state index contributed by atoms with van der Waals surface area (Å²) in [5, 5.41) is 20.8. The number of nitro benzene ring substituents is 1. The van der Waals surface area contributed by atoms with Gasteiger partial charge in [-0.05, 0) is 29.0 Å². The fraction of sp³-hybridized carbons (Fsp3) is 0.316. The number of phenols is 1. The van der Waals surface area contributed by atoms with Crippen molar-refractivity contribution < 1.29 is 10.0 Å². The third-order valence-electron chi connectivity index (χ3n) is 3.90. The zero-order valence-corrected chi connectivity index (χ0v) is 14.4. The lowest BCUT2D eigenvalue weighted by Gasteiger charge is -2.16. The summed E-state index contributed by atoms with van der Waals surface area (Å²) in [6.07, 6.45) is 1.50. The highest BCUT2D eigenvalue weighted by atomic mass is 16.6. The molecule has 2 rings (SSSR count). The van der Waals surface area contributed by atoms with Gasteiger partial charge in [-0.2, -0.15) is 0 Å². The number of non-ortho nitro benzene ring substituents is 1. The first-order valence-corrected chi connectivity index (χ1v) is 7.95. The maximum Gasteiger partial charge on any atom is 0.270 e. The molecule has 0 saturated carbocycles. The van der Waals surface area contributed by atoms with E-state index in [4.69, 9.17) is 0 Å². The van der Waals surface area contributed by atoms with Crippen molar-refractivity contribution in [3.63, 3.8) is 0 Å². The van der Waals surface area contributed by atoms with E-state index in [9.17, 15) is 15.2 Å². The summed E-state index contributed by atoms with van der Waals surface area (Å²) in [7, 11) is 0. The van der Waals surface area contributed by atoms with Crippen molar-refractivity contribution in [1.29, 1.82) is 0 Å². The molecule has 2 aromatic carbocycles. The molecule has 5 heteroatoms. The highest BCUT2D eigenvalue weighted by molar-refractivity contribution is 5.87. The SMILES string of the molecule is CC(C)c1cccc(C(C)C)c1/N=C/c1cc([N+](=O)[O-])ccc1O. The van der Waals surface area contributed by atoms with E-state index in [0.717, 1.165) is 16.8 Å². The summed E-state index contributed by atoms with van der Waals surface area (Å²) < 4.78 is 0.